The fourth-order valence-electron chi connectivity index (χ4n) is 1.60. The van der Waals surface area contributed by atoms with E-state index in [1.54, 1.807) is 17.1 Å². The van der Waals surface area contributed by atoms with E-state index < -0.39 is 0 Å². The maximum absolute atomic E-state index is 9.52. The minimum absolute atomic E-state index is 0.329. The molecule has 1 aliphatic heterocycles. The molecule has 0 aromatic carbocycles. The molecule has 3 heterocycles. The Morgan fingerprint density at radius 3 is 3.00 bits per heavy atom. The van der Waals surface area contributed by atoms with E-state index in [0.717, 1.165) is 10.7 Å². The molecule has 3 rings (SSSR count). The summed E-state index contributed by atoms with van der Waals surface area (Å²) in [5, 5.41) is 14.8. The third-order valence-corrected chi connectivity index (χ3v) is 3.48. The summed E-state index contributed by atoms with van der Waals surface area (Å²) in [7, 11) is 0. The number of fused-ring (bicyclic) bond motifs is 1. The second kappa shape index (κ2) is 3.88. The third-order valence-electron chi connectivity index (χ3n) is 2.36. The highest BCUT2D eigenvalue weighted by molar-refractivity contribution is 7.99. The number of hydrogen-bond donors (Lipinski definition) is 1. The van der Waals surface area contributed by atoms with E-state index in [1.807, 2.05) is 12.1 Å². The van der Waals surface area contributed by atoms with Crippen LogP contribution < -0.4 is 0 Å². The Bertz CT molecular complexity index is 499. The minimum atomic E-state index is -0.329. The zero-order chi connectivity index (χ0) is 11.0. The first-order valence-corrected chi connectivity index (χ1v) is 5.97. The highest BCUT2D eigenvalue weighted by Gasteiger charge is 2.20. The van der Waals surface area contributed by atoms with Gasteiger partial charge in [-0.2, -0.15) is 0 Å². The molecule has 1 aliphatic rings. The Balaban J connectivity index is 1.99. The Morgan fingerprint density at radius 1 is 1.38 bits per heavy atom. The highest BCUT2D eigenvalue weighted by Crippen LogP contribution is 2.25. The number of aromatic nitrogens is 4. The predicted octanol–water partition coefficient (Wildman–Crippen LogP) is 0.807. The van der Waals surface area contributed by atoms with Crippen LogP contribution in [0.15, 0.2) is 29.7 Å². The second-order valence-corrected chi connectivity index (χ2v) is 4.59. The lowest BCUT2D eigenvalue weighted by atomic mass is 10.3. The van der Waals surface area contributed by atoms with E-state index in [0.29, 0.717) is 18.1 Å². The van der Waals surface area contributed by atoms with Gasteiger partial charge in [-0.15, -0.1) is 5.10 Å². The Kier molecular flexibility index (Phi) is 2.37. The van der Waals surface area contributed by atoms with Crippen molar-refractivity contribution in [3.8, 4) is 11.4 Å². The molecule has 1 atom stereocenters. The monoisotopic (exact) mass is 234 g/mol. The third kappa shape index (κ3) is 1.70. The molecule has 1 N–H and O–H groups in total. The molecule has 0 fully saturated rings. The molecule has 1 unspecified atom stereocenters. The molecule has 2 aromatic rings. The molecule has 0 saturated heterocycles. The first-order valence-electron chi connectivity index (χ1n) is 4.99. The molecule has 2 aromatic heterocycles. The summed E-state index contributed by atoms with van der Waals surface area (Å²) >= 11 is 1.54. The van der Waals surface area contributed by atoms with Crippen LogP contribution in [0.3, 0.4) is 0 Å². The van der Waals surface area contributed by atoms with E-state index in [4.69, 9.17) is 0 Å². The van der Waals surface area contributed by atoms with Crippen LogP contribution in [0, 0.1) is 0 Å². The molecule has 0 bridgehead atoms. The summed E-state index contributed by atoms with van der Waals surface area (Å²) in [5.74, 6) is 1.38. The van der Waals surface area contributed by atoms with E-state index in [-0.39, 0.29) is 6.10 Å². The molecule has 0 aliphatic carbocycles. The van der Waals surface area contributed by atoms with Gasteiger partial charge in [0.15, 0.2) is 11.0 Å². The first-order chi connectivity index (χ1) is 7.83. The van der Waals surface area contributed by atoms with Crippen LogP contribution in [0.2, 0.25) is 0 Å². The maximum Gasteiger partial charge on any atom is 0.186 e. The van der Waals surface area contributed by atoms with Gasteiger partial charge in [0.05, 0.1) is 12.6 Å². The average molecular weight is 234 g/mol. The van der Waals surface area contributed by atoms with Crippen molar-refractivity contribution >= 4 is 11.8 Å². The number of rotatable bonds is 1. The van der Waals surface area contributed by atoms with Gasteiger partial charge in [0.2, 0.25) is 0 Å². The summed E-state index contributed by atoms with van der Waals surface area (Å²) < 4.78 is 1.76. The van der Waals surface area contributed by atoms with Crippen LogP contribution in [-0.2, 0) is 6.54 Å². The van der Waals surface area contributed by atoms with Gasteiger partial charge in [-0.25, -0.2) is 9.67 Å². The number of pyridine rings is 1. The van der Waals surface area contributed by atoms with Crippen molar-refractivity contribution in [1.82, 2.24) is 19.7 Å². The van der Waals surface area contributed by atoms with Crippen LogP contribution in [0.25, 0.3) is 11.4 Å². The van der Waals surface area contributed by atoms with Crippen LogP contribution in [0.5, 0.6) is 0 Å². The lowest BCUT2D eigenvalue weighted by molar-refractivity contribution is 0.164. The zero-order valence-corrected chi connectivity index (χ0v) is 9.26. The number of nitrogens with zero attached hydrogens (tertiary/aromatic N) is 4. The Morgan fingerprint density at radius 2 is 2.19 bits per heavy atom. The van der Waals surface area contributed by atoms with Crippen molar-refractivity contribution in [2.24, 2.45) is 0 Å². The smallest absolute Gasteiger partial charge is 0.186 e. The van der Waals surface area contributed by atoms with Gasteiger partial charge in [0.25, 0.3) is 0 Å². The number of aliphatic hydroxyl groups excluding tert-OH is 1. The van der Waals surface area contributed by atoms with Crippen molar-refractivity contribution in [3.05, 3.63) is 24.5 Å². The molecule has 5 nitrogen and oxygen atoms in total. The number of aliphatic hydroxyl groups is 1. The van der Waals surface area contributed by atoms with Gasteiger partial charge in [-0.05, 0) is 12.1 Å². The first kappa shape index (κ1) is 9.80. The minimum Gasteiger partial charge on any atom is -0.390 e. The Hall–Kier alpha value is -1.40. The fourth-order valence-corrected chi connectivity index (χ4v) is 2.46. The molecular formula is C10H10N4OS. The van der Waals surface area contributed by atoms with Crippen molar-refractivity contribution < 1.29 is 5.11 Å². The van der Waals surface area contributed by atoms with Gasteiger partial charge in [-0.3, -0.25) is 4.98 Å². The maximum atomic E-state index is 9.52. The lowest BCUT2D eigenvalue weighted by Gasteiger charge is -2.16. The SMILES string of the molecule is OC1CSc2nc(-c3ccncc3)nn2C1. The van der Waals surface area contributed by atoms with E-state index in [1.165, 1.54) is 11.8 Å². The largest absolute Gasteiger partial charge is 0.390 e. The topological polar surface area (TPSA) is 63.8 Å². The number of hydrogen-bond acceptors (Lipinski definition) is 5. The second-order valence-electron chi connectivity index (χ2n) is 3.60. The summed E-state index contributed by atoms with van der Waals surface area (Å²) in [5.41, 5.74) is 0.951. The average Bonchev–Trinajstić information content (AvgIpc) is 2.73. The van der Waals surface area contributed by atoms with Gasteiger partial charge in [0, 0.05) is 23.7 Å². The molecule has 6 heteroatoms. The molecule has 0 saturated carbocycles. The molecule has 0 spiro atoms. The lowest BCUT2D eigenvalue weighted by Crippen LogP contribution is -2.24. The van der Waals surface area contributed by atoms with E-state index in [9.17, 15) is 5.11 Å². The quantitative estimate of drug-likeness (QED) is 0.791. The molecule has 82 valence electrons. The van der Waals surface area contributed by atoms with Crippen LogP contribution in [-0.4, -0.2) is 36.7 Å². The summed E-state index contributed by atoms with van der Waals surface area (Å²) in [6.45, 7) is 0.528. The van der Waals surface area contributed by atoms with Crippen molar-refractivity contribution in [2.75, 3.05) is 5.75 Å². The normalized spacial score (nSPS) is 19.4. The fraction of sp³-hybridized carbons (Fsp3) is 0.300. The molecule has 0 amide bonds. The van der Waals surface area contributed by atoms with Crippen LogP contribution >= 0.6 is 11.8 Å². The van der Waals surface area contributed by atoms with Crippen molar-refractivity contribution in [3.63, 3.8) is 0 Å². The van der Waals surface area contributed by atoms with Crippen molar-refractivity contribution in [1.29, 1.82) is 0 Å². The summed E-state index contributed by atoms with van der Waals surface area (Å²) in [4.78, 5) is 8.39. The van der Waals surface area contributed by atoms with Gasteiger partial charge in [-0.1, -0.05) is 11.8 Å². The van der Waals surface area contributed by atoms with E-state index in [2.05, 4.69) is 15.1 Å². The standard InChI is InChI=1S/C10H10N4OS/c15-8-5-14-10(16-6-8)12-9(13-14)7-1-3-11-4-2-7/h1-4,8,15H,5-6H2. The zero-order valence-electron chi connectivity index (χ0n) is 8.45. The molecule has 0 radical (unpaired) electrons. The summed E-state index contributed by atoms with van der Waals surface area (Å²) in [6, 6.07) is 3.75. The van der Waals surface area contributed by atoms with E-state index >= 15 is 0 Å². The van der Waals surface area contributed by atoms with Crippen LogP contribution in [0.4, 0.5) is 0 Å². The van der Waals surface area contributed by atoms with Gasteiger partial charge < -0.3 is 5.11 Å². The number of thioether (sulfide) groups is 1. The molecule has 16 heavy (non-hydrogen) atoms. The van der Waals surface area contributed by atoms with Gasteiger partial charge in [0.1, 0.15) is 0 Å². The summed E-state index contributed by atoms with van der Waals surface area (Å²) in [6.07, 6.45) is 3.11. The predicted molar refractivity (Wildman–Crippen MR) is 60.0 cm³/mol. The van der Waals surface area contributed by atoms with Crippen molar-refractivity contribution in [2.45, 2.75) is 17.8 Å². The van der Waals surface area contributed by atoms with Gasteiger partial charge >= 0.3 is 0 Å². The van der Waals surface area contributed by atoms with Crippen LogP contribution in [0.1, 0.15) is 0 Å². The highest BCUT2D eigenvalue weighted by atomic mass is 32.2. The Labute approximate surface area is 96.5 Å². The molecular weight excluding hydrogens is 224 g/mol.